The van der Waals surface area contributed by atoms with E-state index >= 15 is 0 Å². The largest absolute Gasteiger partial charge is 0.497 e. The molecule has 0 radical (unpaired) electrons. The molecule has 10 heteroatoms. The lowest BCUT2D eigenvalue weighted by Gasteiger charge is -2.30. The molecule has 1 saturated carbocycles. The molecular weight excluding hydrogens is 472 g/mol. The molecule has 4 aromatic rings. The molecule has 1 atom stereocenters. The maximum absolute atomic E-state index is 13.8. The third kappa shape index (κ3) is 5.53. The van der Waals surface area contributed by atoms with E-state index < -0.39 is 6.04 Å². The van der Waals surface area contributed by atoms with Gasteiger partial charge in [0.05, 0.1) is 13.4 Å². The van der Waals surface area contributed by atoms with Crippen molar-refractivity contribution in [2.75, 3.05) is 12.0 Å². The van der Waals surface area contributed by atoms with E-state index in [2.05, 4.69) is 20.7 Å². The van der Waals surface area contributed by atoms with Gasteiger partial charge in [0.25, 0.3) is 11.8 Å². The summed E-state index contributed by atoms with van der Waals surface area (Å²) in [5, 5.41) is 15.7. The third-order valence-electron chi connectivity index (χ3n) is 6.40. The van der Waals surface area contributed by atoms with E-state index in [1.807, 2.05) is 30.3 Å². The van der Waals surface area contributed by atoms with Crippen molar-refractivity contribution < 1.29 is 18.7 Å². The molecule has 2 amide bonds. The van der Waals surface area contributed by atoms with Crippen LogP contribution in [0.3, 0.4) is 0 Å². The van der Waals surface area contributed by atoms with Crippen LogP contribution in [0.1, 0.15) is 37.5 Å². The zero-order valence-corrected chi connectivity index (χ0v) is 20.5. The maximum Gasteiger partial charge on any atom is 0.251 e. The monoisotopic (exact) mass is 500 g/mol. The van der Waals surface area contributed by atoms with Crippen LogP contribution >= 0.6 is 0 Å². The normalized spacial score (nSPS) is 14.3. The van der Waals surface area contributed by atoms with Crippen molar-refractivity contribution in [1.29, 1.82) is 0 Å². The quantitative estimate of drug-likeness (QED) is 0.372. The molecule has 2 aromatic heterocycles. The highest BCUT2D eigenvalue weighted by Gasteiger charge is 2.36. The molecule has 0 spiro atoms. The number of carbonyl (C=O) groups excluding carboxylic acids is 2. The molecular formula is C27H28N6O4. The molecule has 1 N–H and O–H groups in total. The summed E-state index contributed by atoms with van der Waals surface area (Å²) >= 11 is 0. The lowest BCUT2D eigenvalue weighted by Crippen LogP contribution is -2.47. The van der Waals surface area contributed by atoms with Gasteiger partial charge in [-0.1, -0.05) is 31.0 Å². The Morgan fingerprint density at radius 3 is 2.51 bits per heavy atom. The van der Waals surface area contributed by atoms with Gasteiger partial charge in [-0.2, -0.15) is 4.80 Å². The fraction of sp³-hybridized carbons (Fsp3) is 0.296. The van der Waals surface area contributed by atoms with Crippen molar-refractivity contribution in [3.63, 3.8) is 0 Å². The molecule has 0 unspecified atom stereocenters. The smallest absolute Gasteiger partial charge is 0.251 e. The van der Waals surface area contributed by atoms with Crippen molar-refractivity contribution in [1.82, 2.24) is 25.5 Å². The number of benzene rings is 2. The molecule has 0 aliphatic heterocycles. The van der Waals surface area contributed by atoms with Crippen molar-refractivity contribution in [2.45, 2.75) is 44.3 Å². The zero-order valence-electron chi connectivity index (χ0n) is 20.5. The zero-order chi connectivity index (χ0) is 25.6. The topological polar surface area (TPSA) is 115 Å². The average Bonchev–Trinajstić information content (AvgIpc) is 3.71. The van der Waals surface area contributed by atoms with E-state index in [4.69, 9.17) is 9.15 Å². The summed E-state index contributed by atoms with van der Waals surface area (Å²) in [6, 6.07) is 18.8. The molecule has 0 bridgehead atoms. The number of methoxy groups -OCH3 is 1. The Bertz CT molecular complexity index is 1310. The van der Waals surface area contributed by atoms with Crippen molar-refractivity contribution >= 4 is 17.5 Å². The van der Waals surface area contributed by atoms with Crippen LogP contribution in [-0.2, 0) is 16.1 Å². The second kappa shape index (κ2) is 11.1. The third-order valence-corrected chi connectivity index (χ3v) is 6.40. The van der Waals surface area contributed by atoms with Crippen LogP contribution < -0.4 is 15.0 Å². The van der Waals surface area contributed by atoms with Crippen molar-refractivity contribution in [3.05, 3.63) is 78.8 Å². The van der Waals surface area contributed by atoms with Gasteiger partial charge < -0.3 is 14.5 Å². The van der Waals surface area contributed by atoms with Gasteiger partial charge in [0, 0.05) is 17.3 Å². The second-order valence-corrected chi connectivity index (χ2v) is 8.88. The lowest BCUT2D eigenvalue weighted by molar-refractivity contribution is -0.128. The van der Waals surface area contributed by atoms with Crippen LogP contribution in [0.25, 0.3) is 11.4 Å². The van der Waals surface area contributed by atoms with Gasteiger partial charge in [0.1, 0.15) is 18.1 Å². The number of carbonyl (C=O) groups is 2. The van der Waals surface area contributed by atoms with Gasteiger partial charge in [0.2, 0.25) is 5.82 Å². The number of para-hydroxylation sites is 1. The first-order valence-electron chi connectivity index (χ1n) is 12.3. The number of nitrogens with zero attached hydrogens (tertiary/aromatic N) is 5. The van der Waals surface area contributed by atoms with Crippen LogP contribution in [0.4, 0.5) is 5.69 Å². The molecule has 37 heavy (non-hydrogen) atoms. The maximum atomic E-state index is 13.8. The number of furan rings is 1. The lowest BCUT2D eigenvalue weighted by atomic mass is 10.1. The van der Waals surface area contributed by atoms with Gasteiger partial charge in [-0.3, -0.25) is 14.5 Å². The summed E-state index contributed by atoms with van der Waals surface area (Å²) < 4.78 is 10.8. The average molecular weight is 501 g/mol. The molecule has 5 rings (SSSR count). The highest BCUT2D eigenvalue weighted by atomic mass is 16.5. The second-order valence-electron chi connectivity index (χ2n) is 8.88. The Morgan fingerprint density at radius 1 is 1.08 bits per heavy atom. The number of tetrazole rings is 1. The molecule has 2 heterocycles. The van der Waals surface area contributed by atoms with Gasteiger partial charge in [-0.15, -0.1) is 10.2 Å². The number of rotatable bonds is 9. The minimum absolute atomic E-state index is 0.0849. The van der Waals surface area contributed by atoms with Gasteiger partial charge >= 0.3 is 0 Å². The van der Waals surface area contributed by atoms with Gasteiger partial charge in [-0.25, -0.2) is 0 Å². The first-order chi connectivity index (χ1) is 18.1. The summed E-state index contributed by atoms with van der Waals surface area (Å²) in [5.74, 6) is 0.795. The number of ether oxygens (including phenoxy) is 1. The Balaban J connectivity index is 1.43. The molecule has 1 fully saturated rings. The number of nitrogens with one attached hydrogen (secondary N) is 1. The van der Waals surface area contributed by atoms with E-state index in [9.17, 15) is 9.59 Å². The SMILES string of the molecule is COc1ccc(-c2nnn(CC(=O)N(c3ccccc3)[C@@H](C(=O)NC3CCCC3)c3ccco3)n2)cc1. The first-order valence-corrected chi connectivity index (χ1v) is 12.3. The molecule has 2 aromatic carbocycles. The van der Waals surface area contributed by atoms with Crippen LogP contribution in [-0.4, -0.2) is 45.2 Å². The Hall–Kier alpha value is -4.47. The highest BCUT2D eigenvalue weighted by Crippen LogP contribution is 2.30. The summed E-state index contributed by atoms with van der Waals surface area (Å²) in [5.41, 5.74) is 1.30. The number of hydrogen-bond acceptors (Lipinski definition) is 7. The van der Waals surface area contributed by atoms with E-state index in [0.29, 0.717) is 23.0 Å². The number of anilines is 1. The Labute approximate surface area is 214 Å². The van der Waals surface area contributed by atoms with Gasteiger partial charge in [0.15, 0.2) is 6.04 Å². The summed E-state index contributed by atoms with van der Waals surface area (Å²) in [4.78, 5) is 30.0. The van der Waals surface area contributed by atoms with Crippen molar-refractivity contribution in [3.8, 4) is 17.1 Å². The molecule has 10 nitrogen and oxygen atoms in total. The predicted octanol–water partition coefficient (Wildman–Crippen LogP) is 3.78. The van der Waals surface area contributed by atoms with Crippen molar-refractivity contribution in [2.24, 2.45) is 0 Å². The standard InChI is InChI=1S/C27H28N6O4/c1-36-22-15-13-19(14-16-22)26-29-31-32(30-26)18-24(34)33(21-10-3-2-4-11-21)25(23-12-7-17-37-23)27(35)28-20-8-5-6-9-20/h2-4,7,10-17,20,25H,5-6,8-9,18H2,1H3,(H,28,35)/t25-/m1/s1. The van der Waals surface area contributed by atoms with E-state index in [1.54, 1.807) is 43.5 Å². The first kappa shape index (κ1) is 24.2. The predicted molar refractivity (Wildman–Crippen MR) is 136 cm³/mol. The fourth-order valence-electron chi connectivity index (χ4n) is 4.56. The number of hydrogen-bond donors (Lipinski definition) is 1. The summed E-state index contributed by atoms with van der Waals surface area (Å²) in [7, 11) is 1.59. The van der Waals surface area contributed by atoms with Crippen LogP contribution in [0.5, 0.6) is 5.75 Å². The highest BCUT2D eigenvalue weighted by molar-refractivity contribution is 6.01. The van der Waals surface area contributed by atoms with Crippen LogP contribution in [0, 0.1) is 0 Å². The van der Waals surface area contributed by atoms with Gasteiger partial charge in [-0.05, 0) is 66.6 Å². The molecule has 1 aliphatic carbocycles. The number of amides is 2. The van der Waals surface area contributed by atoms with Crippen LogP contribution in [0.15, 0.2) is 77.4 Å². The summed E-state index contributed by atoms with van der Waals surface area (Å²) in [6.45, 7) is -0.216. The van der Waals surface area contributed by atoms with E-state index in [0.717, 1.165) is 31.2 Å². The summed E-state index contributed by atoms with van der Waals surface area (Å²) in [6.07, 6.45) is 5.50. The minimum atomic E-state index is -0.991. The molecule has 1 aliphatic rings. The number of aromatic nitrogens is 4. The fourth-order valence-corrected chi connectivity index (χ4v) is 4.56. The Kier molecular flexibility index (Phi) is 7.25. The molecule has 190 valence electrons. The van der Waals surface area contributed by atoms with E-state index in [-0.39, 0.29) is 24.4 Å². The molecule has 0 saturated heterocycles. The van der Waals surface area contributed by atoms with Crippen LogP contribution in [0.2, 0.25) is 0 Å². The minimum Gasteiger partial charge on any atom is -0.497 e. The van der Waals surface area contributed by atoms with E-state index in [1.165, 1.54) is 16.0 Å². The Morgan fingerprint density at radius 2 is 1.84 bits per heavy atom.